The molecular weight excluding hydrogens is 378 g/mol. The molecule has 7 nitrogen and oxygen atoms in total. The first-order valence-corrected chi connectivity index (χ1v) is 11.7. The number of ether oxygens (including phenoxy) is 1. The van der Waals surface area contributed by atoms with E-state index in [2.05, 4.69) is 9.80 Å². The normalized spacial score (nSPS) is 26.5. The topological polar surface area (TPSA) is 70.2 Å². The molecule has 0 N–H and O–H groups in total. The maximum atomic E-state index is 13.1. The van der Waals surface area contributed by atoms with Gasteiger partial charge in [0.1, 0.15) is 0 Å². The highest BCUT2D eigenvalue weighted by Crippen LogP contribution is 2.25. The summed E-state index contributed by atoms with van der Waals surface area (Å²) >= 11 is 0. The summed E-state index contributed by atoms with van der Waals surface area (Å²) in [5.74, 6) is 0.220. The number of carbonyl (C=O) groups excluding carboxylic acids is 1. The van der Waals surface area contributed by atoms with Crippen molar-refractivity contribution in [2.45, 2.75) is 42.7 Å². The van der Waals surface area contributed by atoms with Crippen LogP contribution in [0.2, 0.25) is 0 Å². The van der Waals surface area contributed by atoms with Gasteiger partial charge in [-0.25, -0.2) is 8.42 Å². The maximum Gasteiger partial charge on any atom is 0.243 e. The lowest BCUT2D eigenvalue weighted by Crippen LogP contribution is -2.60. The summed E-state index contributed by atoms with van der Waals surface area (Å²) in [6.07, 6.45) is 3.71. The highest BCUT2D eigenvalue weighted by molar-refractivity contribution is 7.89. The average Bonchev–Trinajstić information content (AvgIpc) is 2.75. The molecule has 0 radical (unpaired) electrons. The molecule has 28 heavy (non-hydrogen) atoms. The Morgan fingerprint density at radius 3 is 2.25 bits per heavy atom. The van der Waals surface area contributed by atoms with Crippen LogP contribution in [0.3, 0.4) is 0 Å². The monoisotopic (exact) mass is 407 g/mol. The third kappa shape index (κ3) is 3.96. The fraction of sp³-hybridized carbons (Fsp3) is 0.650. The summed E-state index contributed by atoms with van der Waals surface area (Å²) in [7, 11) is -3.46. The molecule has 3 saturated heterocycles. The number of carbonyl (C=O) groups is 1. The van der Waals surface area contributed by atoms with Crippen molar-refractivity contribution >= 4 is 15.9 Å². The predicted octanol–water partition coefficient (Wildman–Crippen LogP) is 1.16. The fourth-order valence-corrected chi connectivity index (χ4v) is 6.02. The number of hydrogen-bond donors (Lipinski definition) is 0. The standard InChI is InChI=1S/C20H29N3O4S/c24-20-19(7-4-10-23(20)17-8-15-27-16-9-17)21-11-13-22(14-12-21)28(25,26)18-5-2-1-3-6-18/h1-3,5-6,17,19H,4,7-16H2/t19-/m0/s1. The Labute approximate surface area is 167 Å². The summed E-state index contributed by atoms with van der Waals surface area (Å²) < 4.78 is 32.6. The van der Waals surface area contributed by atoms with Gasteiger partial charge >= 0.3 is 0 Å². The molecule has 1 aromatic carbocycles. The lowest BCUT2D eigenvalue weighted by atomic mass is 9.97. The van der Waals surface area contributed by atoms with Gasteiger partial charge < -0.3 is 9.64 Å². The molecule has 0 spiro atoms. The van der Waals surface area contributed by atoms with Crippen molar-refractivity contribution in [1.29, 1.82) is 0 Å². The van der Waals surface area contributed by atoms with E-state index in [1.54, 1.807) is 28.6 Å². The van der Waals surface area contributed by atoms with E-state index in [1.807, 2.05) is 6.07 Å². The summed E-state index contributed by atoms with van der Waals surface area (Å²) in [5, 5.41) is 0. The van der Waals surface area contributed by atoms with E-state index in [-0.39, 0.29) is 11.9 Å². The predicted molar refractivity (Wildman–Crippen MR) is 105 cm³/mol. The third-order valence-corrected chi connectivity index (χ3v) is 8.08. The summed E-state index contributed by atoms with van der Waals surface area (Å²) in [5.41, 5.74) is 0. The van der Waals surface area contributed by atoms with Crippen molar-refractivity contribution in [3.8, 4) is 0 Å². The van der Waals surface area contributed by atoms with Gasteiger partial charge in [-0.2, -0.15) is 4.31 Å². The zero-order chi connectivity index (χ0) is 19.6. The van der Waals surface area contributed by atoms with E-state index in [4.69, 9.17) is 4.74 Å². The van der Waals surface area contributed by atoms with Gasteiger partial charge in [-0.3, -0.25) is 9.69 Å². The van der Waals surface area contributed by atoms with Crippen molar-refractivity contribution in [3.05, 3.63) is 30.3 Å². The van der Waals surface area contributed by atoms with Crippen LogP contribution in [0.4, 0.5) is 0 Å². The van der Waals surface area contributed by atoms with Gasteiger partial charge in [0.2, 0.25) is 15.9 Å². The minimum absolute atomic E-state index is 0.113. The Morgan fingerprint density at radius 2 is 1.57 bits per heavy atom. The first kappa shape index (κ1) is 19.8. The number of benzene rings is 1. The van der Waals surface area contributed by atoms with Crippen molar-refractivity contribution in [2.24, 2.45) is 0 Å². The second-order valence-electron chi connectivity index (χ2n) is 7.79. The molecule has 4 rings (SSSR count). The molecule has 3 aliphatic heterocycles. The van der Waals surface area contributed by atoms with Crippen molar-refractivity contribution in [1.82, 2.24) is 14.1 Å². The summed E-state index contributed by atoms with van der Waals surface area (Å²) in [4.78, 5) is 17.7. The van der Waals surface area contributed by atoms with Gasteiger partial charge in [-0.1, -0.05) is 18.2 Å². The molecule has 0 aliphatic carbocycles. The van der Waals surface area contributed by atoms with Crippen LogP contribution in [0.15, 0.2) is 35.2 Å². The van der Waals surface area contributed by atoms with Gasteiger partial charge in [0.05, 0.1) is 10.9 Å². The number of nitrogens with zero attached hydrogens (tertiary/aromatic N) is 3. The third-order valence-electron chi connectivity index (χ3n) is 6.17. The lowest BCUT2D eigenvalue weighted by molar-refractivity contribution is -0.145. The van der Waals surface area contributed by atoms with Gasteiger partial charge in [0.25, 0.3) is 0 Å². The quantitative estimate of drug-likeness (QED) is 0.749. The molecule has 1 atom stereocenters. The van der Waals surface area contributed by atoms with Crippen LogP contribution in [0, 0.1) is 0 Å². The highest BCUT2D eigenvalue weighted by Gasteiger charge is 2.39. The van der Waals surface area contributed by atoms with Crippen molar-refractivity contribution in [2.75, 3.05) is 45.9 Å². The molecular formula is C20H29N3O4S. The minimum Gasteiger partial charge on any atom is -0.381 e. The molecule has 0 saturated carbocycles. The Hall–Kier alpha value is -1.48. The molecule has 0 unspecified atom stereocenters. The number of piperidine rings is 1. The Balaban J connectivity index is 1.38. The average molecular weight is 408 g/mol. The smallest absolute Gasteiger partial charge is 0.243 e. The first-order valence-electron chi connectivity index (χ1n) is 10.2. The van der Waals surface area contributed by atoms with E-state index in [0.29, 0.717) is 37.1 Å². The summed E-state index contributed by atoms with van der Waals surface area (Å²) in [6.45, 7) is 4.36. The zero-order valence-corrected chi connectivity index (χ0v) is 17.0. The molecule has 3 fully saturated rings. The molecule has 3 aliphatic rings. The number of hydrogen-bond acceptors (Lipinski definition) is 5. The van der Waals surface area contributed by atoms with Crippen LogP contribution >= 0.6 is 0 Å². The largest absolute Gasteiger partial charge is 0.381 e. The zero-order valence-electron chi connectivity index (χ0n) is 16.2. The highest BCUT2D eigenvalue weighted by atomic mass is 32.2. The molecule has 0 bridgehead atoms. The van der Waals surface area contributed by atoms with E-state index in [9.17, 15) is 13.2 Å². The number of amides is 1. The number of rotatable bonds is 4. The Bertz CT molecular complexity index is 772. The van der Waals surface area contributed by atoms with E-state index in [1.165, 1.54) is 0 Å². The molecule has 1 amide bonds. The van der Waals surface area contributed by atoms with Crippen LogP contribution in [0.1, 0.15) is 25.7 Å². The first-order chi connectivity index (χ1) is 13.6. The van der Waals surface area contributed by atoms with Gasteiger partial charge in [0.15, 0.2) is 0 Å². The van der Waals surface area contributed by atoms with E-state index < -0.39 is 10.0 Å². The number of piperazine rings is 1. The van der Waals surface area contributed by atoms with Gasteiger partial charge in [0, 0.05) is 52.0 Å². The van der Waals surface area contributed by atoms with Crippen LogP contribution in [-0.4, -0.2) is 86.5 Å². The minimum atomic E-state index is -3.46. The maximum absolute atomic E-state index is 13.1. The van der Waals surface area contributed by atoms with Crippen molar-refractivity contribution in [3.63, 3.8) is 0 Å². The number of sulfonamides is 1. The Kier molecular flexibility index (Phi) is 6.01. The SMILES string of the molecule is O=C1[C@@H](N2CCN(S(=O)(=O)c3ccccc3)CC2)CCCN1C1CCOCC1. The van der Waals surface area contributed by atoms with E-state index in [0.717, 1.165) is 45.4 Å². The molecule has 3 heterocycles. The summed E-state index contributed by atoms with van der Waals surface area (Å²) in [6, 6.07) is 8.76. The van der Waals surface area contributed by atoms with Gasteiger partial charge in [-0.05, 0) is 37.8 Å². The van der Waals surface area contributed by atoms with Crippen LogP contribution < -0.4 is 0 Å². The molecule has 154 valence electrons. The second kappa shape index (κ2) is 8.49. The van der Waals surface area contributed by atoms with Gasteiger partial charge in [-0.15, -0.1) is 0 Å². The second-order valence-corrected chi connectivity index (χ2v) is 9.72. The van der Waals surface area contributed by atoms with E-state index >= 15 is 0 Å². The fourth-order valence-electron chi connectivity index (χ4n) is 4.58. The molecule has 0 aromatic heterocycles. The Morgan fingerprint density at radius 1 is 0.893 bits per heavy atom. The van der Waals surface area contributed by atoms with Crippen LogP contribution in [0.5, 0.6) is 0 Å². The number of likely N-dealkylation sites (tertiary alicyclic amines) is 1. The van der Waals surface area contributed by atoms with Crippen LogP contribution in [-0.2, 0) is 19.6 Å². The van der Waals surface area contributed by atoms with Crippen LogP contribution in [0.25, 0.3) is 0 Å². The lowest BCUT2D eigenvalue weighted by Gasteiger charge is -2.45. The molecule has 1 aromatic rings. The molecule has 8 heteroatoms. The van der Waals surface area contributed by atoms with Crippen molar-refractivity contribution < 1.29 is 17.9 Å².